The lowest BCUT2D eigenvalue weighted by molar-refractivity contribution is -0.121. The molecule has 0 unspecified atom stereocenters. The fourth-order valence-electron chi connectivity index (χ4n) is 3.37. The van der Waals surface area contributed by atoms with Crippen LogP contribution in [0.1, 0.15) is 18.4 Å². The second kappa shape index (κ2) is 9.76. The van der Waals surface area contributed by atoms with Crippen molar-refractivity contribution in [1.82, 2.24) is 9.62 Å². The van der Waals surface area contributed by atoms with E-state index in [2.05, 4.69) is 10.6 Å². The van der Waals surface area contributed by atoms with Gasteiger partial charge in [-0.05, 0) is 48.7 Å². The minimum atomic E-state index is -3.81. The van der Waals surface area contributed by atoms with Crippen LogP contribution in [0.15, 0.2) is 47.4 Å². The number of likely N-dealkylation sites (N-methyl/N-ethyl adjacent to an activating group) is 1. The zero-order valence-corrected chi connectivity index (χ0v) is 18.5. The molecule has 2 amide bonds. The lowest BCUT2D eigenvalue weighted by Gasteiger charge is -2.30. The smallest absolute Gasteiger partial charge is 0.243 e. The van der Waals surface area contributed by atoms with E-state index in [0.29, 0.717) is 18.5 Å². The molecule has 2 aromatic carbocycles. The molecule has 1 heterocycles. The molecular formula is C21H23ClFN3O4S. The summed E-state index contributed by atoms with van der Waals surface area (Å²) in [6.45, 7) is 0.362. The first-order chi connectivity index (χ1) is 14.7. The number of hydrogen-bond acceptors (Lipinski definition) is 4. The Hall–Kier alpha value is -2.49. The summed E-state index contributed by atoms with van der Waals surface area (Å²) in [6, 6.07) is 10.3. The second-order valence-corrected chi connectivity index (χ2v) is 9.64. The van der Waals surface area contributed by atoms with Crippen molar-refractivity contribution in [3.63, 3.8) is 0 Å². The highest BCUT2D eigenvalue weighted by molar-refractivity contribution is 7.89. The molecule has 10 heteroatoms. The molecule has 0 saturated carbocycles. The van der Waals surface area contributed by atoms with Gasteiger partial charge in [0.15, 0.2) is 0 Å². The number of hydrogen-bond donors (Lipinski definition) is 2. The number of benzene rings is 2. The normalized spacial score (nSPS) is 15.5. The SMILES string of the molecule is CNC(=O)Cc1ccc(NC(=O)C2CCN(S(=O)(=O)c3ccc(F)c(Cl)c3)CC2)cc1. The van der Waals surface area contributed by atoms with Crippen molar-refractivity contribution < 1.29 is 22.4 Å². The number of nitrogens with one attached hydrogen (secondary N) is 2. The van der Waals surface area contributed by atoms with Gasteiger partial charge in [-0.3, -0.25) is 9.59 Å². The number of rotatable bonds is 6. The molecule has 1 saturated heterocycles. The predicted octanol–water partition coefficient (Wildman–Crippen LogP) is 2.81. The van der Waals surface area contributed by atoms with E-state index in [1.807, 2.05) is 0 Å². The molecule has 1 aliphatic rings. The van der Waals surface area contributed by atoms with Gasteiger partial charge in [0.25, 0.3) is 0 Å². The van der Waals surface area contributed by atoms with Crippen molar-refractivity contribution in [2.75, 3.05) is 25.5 Å². The van der Waals surface area contributed by atoms with Crippen molar-refractivity contribution in [3.05, 3.63) is 58.9 Å². The van der Waals surface area contributed by atoms with Crippen molar-refractivity contribution in [2.45, 2.75) is 24.2 Å². The van der Waals surface area contributed by atoms with E-state index in [0.717, 1.165) is 17.7 Å². The fourth-order valence-corrected chi connectivity index (χ4v) is 5.11. The summed E-state index contributed by atoms with van der Waals surface area (Å²) >= 11 is 5.71. The number of sulfonamides is 1. The largest absolute Gasteiger partial charge is 0.359 e. The highest BCUT2D eigenvalue weighted by Gasteiger charge is 2.32. The van der Waals surface area contributed by atoms with Gasteiger partial charge in [-0.2, -0.15) is 4.31 Å². The van der Waals surface area contributed by atoms with Crippen molar-refractivity contribution in [2.24, 2.45) is 5.92 Å². The topological polar surface area (TPSA) is 95.6 Å². The number of carbonyl (C=O) groups excluding carboxylic acids is 2. The Bertz CT molecular complexity index is 1070. The Morgan fingerprint density at radius 2 is 1.77 bits per heavy atom. The van der Waals surface area contributed by atoms with Crippen LogP contribution in [0.3, 0.4) is 0 Å². The van der Waals surface area contributed by atoms with Crippen molar-refractivity contribution >= 4 is 39.1 Å². The molecule has 0 atom stereocenters. The molecule has 1 aliphatic heterocycles. The predicted molar refractivity (Wildman–Crippen MR) is 116 cm³/mol. The van der Waals surface area contributed by atoms with Crippen LogP contribution in [-0.2, 0) is 26.0 Å². The van der Waals surface area contributed by atoms with Gasteiger partial charge < -0.3 is 10.6 Å². The highest BCUT2D eigenvalue weighted by atomic mass is 35.5. The summed E-state index contributed by atoms with van der Waals surface area (Å²) in [5.74, 6) is -1.28. The molecule has 0 bridgehead atoms. The van der Waals surface area contributed by atoms with Crippen LogP contribution in [0.5, 0.6) is 0 Å². The van der Waals surface area contributed by atoms with E-state index in [-0.39, 0.29) is 47.2 Å². The summed E-state index contributed by atoms with van der Waals surface area (Å²) in [4.78, 5) is 23.9. The Labute approximate surface area is 185 Å². The molecule has 7 nitrogen and oxygen atoms in total. The third kappa shape index (κ3) is 5.61. The molecular weight excluding hydrogens is 445 g/mol. The second-order valence-electron chi connectivity index (χ2n) is 7.29. The van der Waals surface area contributed by atoms with Crippen LogP contribution >= 0.6 is 11.6 Å². The van der Waals surface area contributed by atoms with Gasteiger partial charge in [-0.15, -0.1) is 0 Å². The summed E-state index contributed by atoms with van der Waals surface area (Å²) in [6.07, 6.45) is 1.00. The van der Waals surface area contributed by atoms with Gasteiger partial charge in [-0.25, -0.2) is 12.8 Å². The van der Waals surface area contributed by atoms with Gasteiger partial charge in [0.1, 0.15) is 5.82 Å². The van der Waals surface area contributed by atoms with Crippen LogP contribution in [0.25, 0.3) is 0 Å². The minimum Gasteiger partial charge on any atom is -0.359 e. The molecule has 2 aromatic rings. The Morgan fingerprint density at radius 3 is 2.35 bits per heavy atom. The number of carbonyl (C=O) groups is 2. The van der Waals surface area contributed by atoms with Gasteiger partial charge in [0.2, 0.25) is 21.8 Å². The van der Waals surface area contributed by atoms with E-state index < -0.39 is 15.8 Å². The maximum atomic E-state index is 13.3. The van der Waals surface area contributed by atoms with Crippen LogP contribution in [0.4, 0.5) is 10.1 Å². The van der Waals surface area contributed by atoms with Crippen LogP contribution in [0.2, 0.25) is 5.02 Å². The van der Waals surface area contributed by atoms with Crippen molar-refractivity contribution in [3.8, 4) is 0 Å². The van der Waals surface area contributed by atoms with E-state index in [9.17, 15) is 22.4 Å². The summed E-state index contributed by atoms with van der Waals surface area (Å²) < 4.78 is 40.2. The molecule has 0 aliphatic carbocycles. The Balaban J connectivity index is 1.57. The summed E-state index contributed by atoms with van der Waals surface area (Å²) in [7, 11) is -2.24. The molecule has 1 fully saturated rings. The molecule has 0 radical (unpaired) electrons. The van der Waals surface area contributed by atoms with E-state index >= 15 is 0 Å². The van der Waals surface area contributed by atoms with Gasteiger partial charge in [0.05, 0.1) is 16.3 Å². The Kier molecular flexibility index (Phi) is 7.30. The lowest BCUT2D eigenvalue weighted by atomic mass is 9.97. The number of anilines is 1. The number of nitrogens with zero attached hydrogens (tertiary/aromatic N) is 1. The standard InChI is InChI=1S/C21H23ClFN3O4S/c1-24-20(27)12-14-2-4-16(5-3-14)25-21(28)15-8-10-26(11-9-15)31(29,30)17-6-7-19(23)18(22)13-17/h2-7,13,15H,8-12H2,1H3,(H,24,27)(H,25,28). The quantitative estimate of drug-likeness (QED) is 0.682. The first-order valence-corrected chi connectivity index (χ1v) is 11.6. The molecule has 0 aromatic heterocycles. The number of amides is 2. The maximum absolute atomic E-state index is 13.3. The minimum absolute atomic E-state index is 0.0707. The average Bonchev–Trinajstić information content (AvgIpc) is 2.76. The molecule has 2 N–H and O–H groups in total. The molecule has 31 heavy (non-hydrogen) atoms. The first kappa shape index (κ1) is 23.2. The molecule has 0 spiro atoms. The molecule has 3 rings (SSSR count). The maximum Gasteiger partial charge on any atom is 0.243 e. The van der Waals surface area contributed by atoms with E-state index in [1.54, 1.807) is 31.3 Å². The lowest BCUT2D eigenvalue weighted by Crippen LogP contribution is -2.41. The van der Waals surface area contributed by atoms with Gasteiger partial charge in [0, 0.05) is 31.7 Å². The average molecular weight is 468 g/mol. The zero-order chi connectivity index (χ0) is 22.6. The zero-order valence-electron chi connectivity index (χ0n) is 16.9. The van der Waals surface area contributed by atoms with Crippen LogP contribution in [0, 0.1) is 11.7 Å². The van der Waals surface area contributed by atoms with E-state index in [4.69, 9.17) is 11.6 Å². The summed E-state index contributed by atoms with van der Waals surface area (Å²) in [5.41, 5.74) is 1.44. The highest BCUT2D eigenvalue weighted by Crippen LogP contribution is 2.27. The fraction of sp³-hybridized carbons (Fsp3) is 0.333. The third-order valence-electron chi connectivity index (χ3n) is 5.22. The Morgan fingerprint density at radius 1 is 1.13 bits per heavy atom. The van der Waals surface area contributed by atoms with Crippen LogP contribution in [-0.4, -0.2) is 44.7 Å². The molecule has 166 valence electrons. The van der Waals surface area contributed by atoms with Gasteiger partial charge >= 0.3 is 0 Å². The van der Waals surface area contributed by atoms with E-state index in [1.165, 1.54) is 10.4 Å². The number of piperidine rings is 1. The first-order valence-electron chi connectivity index (χ1n) is 9.76. The monoisotopic (exact) mass is 467 g/mol. The van der Waals surface area contributed by atoms with Crippen molar-refractivity contribution in [1.29, 1.82) is 0 Å². The third-order valence-corrected chi connectivity index (χ3v) is 7.40. The summed E-state index contributed by atoms with van der Waals surface area (Å²) in [5, 5.41) is 5.14. The van der Waals surface area contributed by atoms with Crippen LogP contribution < -0.4 is 10.6 Å². The van der Waals surface area contributed by atoms with Gasteiger partial charge in [-0.1, -0.05) is 23.7 Å². The number of halogens is 2.